The molecule has 1 N–H and O–H groups in total. The lowest BCUT2D eigenvalue weighted by Gasteiger charge is -2.15. The zero-order valence-electron chi connectivity index (χ0n) is 62.6. The molecule has 0 aliphatic heterocycles. The number of unbranched alkanes of at least 4 members (excludes halogenated alkanes) is 64. The van der Waals surface area contributed by atoms with Gasteiger partial charge in [-0.1, -0.05) is 435 Å². The number of hydrogen-bond donors (Lipinski definition) is 1. The molecule has 1 unspecified atom stereocenters. The van der Waals surface area contributed by atoms with Crippen LogP contribution in [-0.2, 0) is 19.1 Å². The molecule has 1 atom stereocenters. The molecule has 0 heterocycles. The monoisotopic (exact) mass is 1290 g/mol. The van der Waals surface area contributed by atoms with Crippen molar-refractivity contribution in [2.45, 2.75) is 482 Å². The van der Waals surface area contributed by atoms with E-state index in [2.05, 4.69) is 62.5 Å². The van der Waals surface area contributed by atoms with Gasteiger partial charge in [-0.2, -0.15) is 0 Å². The quantitative estimate of drug-likeness (QED) is 0.0373. The minimum absolute atomic E-state index is 0.0587. The Kier molecular flexibility index (Phi) is 81.2. The number of hydrogen-bond acceptors (Lipinski definition) is 5. The molecule has 0 bridgehead atoms. The van der Waals surface area contributed by atoms with Crippen LogP contribution in [0.1, 0.15) is 476 Å². The second-order valence-corrected chi connectivity index (χ2v) is 28.9. The van der Waals surface area contributed by atoms with Crippen molar-refractivity contribution in [2.24, 2.45) is 0 Å². The molecule has 0 aliphatic carbocycles. The van der Waals surface area contributed by atoms with Gasteiger partial charge in [-0.05, 0) is 77.0 Å². The van der Waals surface area contributed by atoms with E-state index in [4.69, 9.17) is 9.47 Å². The number of aliphatic hydroxyl groups is 1. The lowest BCUT2D eigenvalue weighted by Crippen LogP contribution is -2.28. The van der Waals surface area contributed by atoms with Crippen LogP contribution in [0.15, 0.2) is 48.6 Å². The third-order valence-electron chi connectivity index (χ3n) is 19.6. The summed E-state index contributed by atoms with van der Waals surface area (Å²) in [5.74, 6) is -0.562. The second-order valence-electron chi connectivity index (χ2n) is 28.9. The third-order valence-corrected chi connectivity index (χ3v) is 19.6. The summed E-state index contributed by atoms with van der Waals surface area (Å²) in [6.07, 6.45) is 114. The standard InChI is InChI=1S/C87H164O5/c1-3-5-7-9-11-13-15-17-19-21-23-25-27-29-31-33-35-37-39-41-42-43-44-46-47-49-51-53-55-57-59-61-63-65-67-69-71-73-75-77-79-81-86(89)91-84-85(83-88)92-87(90)82-80-78-76-74-72-70-68-66-64-62-60-58-56-54-52-50-48-45-40-38-36-34-32-30-28-26-24-22-20-18-16-14-12-10-8-6-4-2/h16,18,21-24,28,30,85,88H,3-15,17,19-20,25-27,29,31-84H2,1-2H3/b18-16-,23-21-,24-22-,30-28-. The van der Waals surface area contributed by atoms with Crippen molar-refractivity contribution in [1.29, 1.82) is 0 Å². The van der Waals surface area contributed by atoms with E-state index >= 15 is 0 Å². The van der Waals surface area contributed by atoms with Crippen LogP contribution in [0.4, 0.5) is 0 Å². The van der Waals surface area contributed by atoms with Gasteiger partial charge >= 0.3 is 11.9 Å². The lowest BCUT2D eigenvalue weighted by atomic mass is 10.0. The summed E-state index contributed by atoms with van der Waals surface area (Å²) in [6.45, 7) is 4.20. The van der Waals surface area contributed by atoms with Crippen LogP contribution < -0.4 is 0 Å². The number of aliphatic hydroxyl groups excluding tert-OH is 1. The number of rotatable bonds is 80. The van der Waals surface area contributed by atoms with Crippen molar-refractivity contribution in [2.75, 3.05) is 13.2 Å². The van der Waals surface area contributed by atoms with E-state index in [0.717, 1.165) is 44.9 Å². The number of carbonyl (C=O) groups excluding carboxylic acids is 2. The molecule has 0 saturated carbocycles. The van der Waals surface area contributed by atoms with Gasteiger partial charge in [-0.25, -0.2) is 0 Å². The molecular formula is C87H164O5. The Labute approximate surface area is 577 Å². The van der Waals surface area contributed by atoms with E-state index < -0.39 is 6.10 Å². The maximum atomic E-state index is 12.4. The predicted molar refractivity (Wildman–Crippen MR) is 408 cm³/mol. The highest BCUT2D eigenvalue weighted by molar-refractivity contribution is 5.70. The SMILES string of the molecule is CCCCCCC/C=C\C/C=C\C/C=C\CCCCCCCCCCCCCCCCCCCCCCCCC(=O)OC(CO)COC(=O)CCCCCCCCCCCCCCCCCCCCCCCCCCCCCCC/C=C\CCCCCCCCCC. The lowest BCUT2D eigenvalue weighted by molar-refractivity contribution is -0.161. The average molecular weight is 1290 g/mol. The van der Waals surface area contributed by atoms with Crippen LogP contribution >= 0.6 is 0 Å². The number of allylic oxidation sites excluding steroid dienone is 8. The molecule has 0 rings (SSSR count). The van der Waals surface area contributed by atoms with Gasteiger partial charge in [0.2, 0.25) is 0 Å². The Morgan fingerprint density at radius 3 is 0.663 bits per heavy atom. The van der Waals surface area contributed by atoms with Crippen LogP contribution in [-0.4, -0.2) is 36.4 Å². The maximum absolute atomic E-state index is 12.4. The Morgan fingerprint density at radius 1 is 0.250 bits per heavy atom. The van der Waals surface area contributed by atoms with E-state index in [1.165, 1.54) is 405 Å². The Balaban J connectivity index is 3.35. The van der Waals surface area contributed by atoms with E-state index in [1.807, 2.05) is 0 Å². The van der Waals surface area contributed by atoms with Gasteiger partial charge < -0.3 is 14.6 Å². The van der Waals surface area contributed by atoms with Crippen molar-refractivity contribution in [3.05, 3.63) is 48.6 Å². The van der Waals surface area contributed by atoms with Crippen molar-refractivity contribution in [3.8, 4) is 0 Å². The molecule has 0 aromatic carbocycles. The number of esters is 2. The Bertz CT molecular complexity index is 1510. The molecular weight excluding hydrogens is 1120 g/mol. The fraction of sp³-hybridized carbons (Fsp3) is 0.885. The summed E-state index contributed by atoms with van der Waals surface area (Å²) in [7, 11) is 0. The van der Waals surface area contributed by atoms with Crippen molar-refractivity contribution < 1.29 is 24.2 Å². The largest absolute Gasteiger partial charge is 0.462 e. The third kappa shape index (κ3) is 80.3. The zero-order valence-corrected chi connectivity index (χ0v) is 62.6. The van der Waals surface area contributed by atoms with Crippen LogP contribution in [0, 0.1) is 0 Å². The Hall–Kier alpha value is -2.14. The minimum Gasteiger partial charge on any atom is -0.462 e. The van der Waals surface area contributed by atoms with Crippen molar-refractivity contribution >= 4 is 11.9 Å². The summed E-state index contributed by atoms with van der Waals surface area (Å²) >= 11 is 0. The van der Waals surface area contributed by atoms with Crippen LogP contribution in [0.5, 0.6) is 0 Å². The van der Waals surface area contributed by atoms with Gasteiger partial charge in [0.05, 0.1) is 6.61 Å². The van der Waals surface area contributed by atoms with Gasteiger partial charge in [0.25, 0.3) is 0 Å². The van der Waals surface area contributed by atoms with Gasteiger partial charge in [-0.3, -0.25) is 9.59 Å². The fourth-order valence-electron chi connectivity index (χ4n) is 13.3. The van der Waals surface area contributed by atoms with E-state index in [-0.39, 0.29) is 25.2 Å². The summed E-state index contributed by atoms with van der Waals surface area (Å²) in [4.78, 5) is 24.7. The molecule has 0 aromatic heterocycles. The van der Waals surface area contributed by atoms with Crippen molar-refractivity contribution in [1.82, 2.24) is 0 Å². The molecule has 5 heteroatoms. The van der Waals surface area contributed by atoms with Crippen LogP contribution in [0.2, 0.25) is 0 Å². The molecule has 0 amide bonds. The first-order valence-corrected chi connectivity index (χ1v) is 42.2. The highest BCUT2D eigenvalue weighted by Crippen LogP contribution is 2.20. The number of ether oxygens (including phenoxy) is 2. The Morgan fingerprint density at radius 2 is 0.435 bits per heavy atom. The van der Waals surface area contributed by atoms with Crippen LogP contribution in [0.25, 0.3) is 0 Å². The molecule has 0 spiro atoms. The molecule has 92 heavy (non-hydrogen) atoms. The summed E-state index contributed by atoms with van der Waals surface area (Å²) in [5, 5.41) is 9.74. The predicted octanol–water partition coefficient (Wildman–Crippen LogP) is 29.8. The first-order chi connectivity index (χ1) is 45.6. The normalized spacial score (nSPS) is 12.3. The topological polar surface area (TPSA) is 72.8 Å². The highest BCUT2D eigenvalue weighted by Gasteiger charge is 2.16. The van der Waals surface area contributed by atoms with Gasteiger partial charge in [0, 0.05) is 12.8 Å². The molecule has 0 radical (unpaired) electrons. The minimum atomic E-state index is -0.771. The maximum Gasteiger partial charge on any atom is 0.306 e. The molecule has 0 aromatic rings. The van der Waals surface area contributed by atoms with E-state index in [9.17, 15) is 14.7 Å². The zero-order chi connectivity index (χ0) is 66.1. The molecule has 5 nitrogen and oxygen atoms in total. The van der Waals surface area contributed by atoms with Gasteiger partial charge in [-0.15, -0.1) is 0 Å². The second kappa shape index (κ2) is 83.1. The van der Waals surface area contributed by atoms with E-state index in [0.29, 0.717) is 12.8 Å². The molecule has 0 fully saturated rings. The smallest absolute Gasteiger partial charge is 0.306 e. The molecule has 542 valence electrons. The average Bonchev–Trinajstić information content (AvgIpc) is 3.70. The van der Waals surface area contributed by atoms with Crippen LogP contribution in [0.3, 0.4) is 0 Å². The molecule has 0 saturated heterocycles. The highest BCUT2D eigenvalue weighted by atomic mass is 16.6. The van der Waals surface area contributed by atoms with E-state index in [1.54, 1.807) is 0 Å². The summed E-state index contributed by atoms with van der Waals surface area (Å²) in [5.41, 5.74) is 0. The van der Waals surface area contributed by atoms with Gasteiger partial charge in [0.15, 0.2) is 6.10 Å². The van der Waals surface area contributed by atoms with Gasteiger partial charge in [0.1, 0.15) is 6.61 Å². The number of carbonyl (C=O) groups is 2. The summed E-state index contributed by atoms with van der Waals surface area (Å²) < 4.78 is 10.8. The fourth-order valence-corrected chi connectivity index (χ4v) is 13.3. The first kappa shape index (κ1) is 89.9. The summed E-state index contributed by atoms with van der Waals surface area (Å²) in [6, 6.07) is 0. The van der Waals surface area contributed by atoms with Crippen molar-refractivity contribution in [3.63, 3.8) is 0 Å². The first-order valence-electron chi connectivity index (χ1n) is 42.2. The molecule has 0 aliphatic rings.